The molecule has 3 aromatic carbocycles. The Bertz CT molecular complexity index is 1230. The highest BCUT2D eigenvalue weighted by Gasteiger charge is 2.13. The average Bonchev–Trinajstić information content (AvgIpc) is 3.09. The number of aromatic nitrogens is 2. The molecule has 7 heteroatoms. The van der Waals surface area contributed by atoms with Crippen molar-refractivity contribution in [2.75, 3.05) is 7.11 Å². The van der Waals surface area contributed by atoms with Crippen molar-refractivity contribution in [2.24, 2.45) is 0 Å². The second-order valence-corrected chi connectivity index (χ2v) is 6.91. The van der Waals surface area contributed by atoms with Crippen molar-refractivity contribution in [3.63, 3.8) is 0 Å². The number of nitrogens with one attached hydrogen (secondary N) is 1. The zero-order chi connectivity index (χ0) is 20.5. The summed E-state index contributed by atoms with van der Waals surface area (Å²) in [6, 6.07) is 16.4. The van der Waals surface area contributed by atoms with E-state index in [1.165, 1.54) is 6.07 Å². The van der Waals surface area contributed by atoms with Crippen molar-refractivity contribution in [1.29, 1.82) is 0 Å². The minimum absolute atomic E-state index is 0.182. The van der Waals surface area contributed by atoms with Crippen LogP contribution < -0.4 is 9.47 Å². The smallest absolute Gasteiger partial charge is 0.336 e. The Kier molecular flexibility index (Phi) is 4.86. The lowest BCUT2D eigenvalue weighted by Crippen LogP contribution is -2.00. The molecular formula is C22H17ClN2O4. The average molecular weight is 409 g/mol. The van der Waals surface area contributed by atoms with Crippen molar-refractivity contribution in [3.8, 4) is 28.6 Å². The van der Waals surface area contributed by atoms with Crippen molar-refractivity contribution in [2.45, 2.75) is 6.92 Å². The number of hydrogen-bond acceptors (Lipinski definition) is 4. The Hall–Kier alpha value is -3.51. The van der Waals surface area contributed by atoms with Crippen LogP contribution in [-0.4, -0.2) is 28.2 Å². The van der Waals surface area contributed by atoms with Crippen LogP contribution in [0.2, 0.25) is 5.02 Å². The molecule has 2 N–H and O–H groups in total. The lowest BCUT2D eigenvalue weighted by atomic mass is 10.0. The van der Waals surface area contributed by atoms with Gasteiger partial charge in [-0.3, -0.25) is 0 Å². The van der Waals surface area contributed by atoms with Crippen LogP contribution >= 0.6 is 11.6 Å². The fraction of sp³-hybridized carbons (Fsp3) is 0.0909. The number of aromatic carboxylic acids is 1. The standard InChI is InChI=1S/C22H17ClN2O4/c1-12-6-7-15(9-16(12)21(26)27)29-22-24-19-10-17(18(23)11-20(19)25-22)13-4-3-5-14(8-13)28-2/h3-11H,1-2H3,(H,24,25)(H,26,27). The van der Waals surface area contributed by atoms with Crippen molar-refractivity contribution < 1.29 is 19.4 Å². The quantitative estimate of drug-likeness (QED) is 0.443. The van der Waals surface area contributed by atoms with E-state index in [0.717, 1.165) is 16.9 Å². The van der Waals surface area contributed by atoms with E-state index < -0.39 is 5.97 Å². The third-order valence-electron chi connectivity index (χ3n) is 4.58. The van der Waals surface area contributed by atoms with Gasteiger partial charge in [-0.05, 0) is 54.4 Å². The van der Waals surface area contributed by atoms with Gasteiger partial charge in [0.25, 0.3) is 6.01 Å². The number of imidazole rings is 1. The molecule has 0 aliphatic carbocycles. The number of hydrogen-bond donors (Lipinski definition) is 2. The first-order valence-corrected chi connectivity index (χ1v) is 9.18. The van der Waals surface area contributed by atoms with E-state index >= 15 is 0 Å². The largest absolute Gasteiger partial charge is 0.497 e. The Morgan fingerprint density at radius 1 is 1.10 bits per heavy atom. The number of H-pyrrole nitrogens is 1. The molecule has 0 atom stereocenters. The fourth-order valence-corrected chi connectivity index (χ4v) is 3.35. The van der Waals surface area contributed by atoms with Gasteiger partial charge in [-0.15, -0.1) is 0 Å². The van der Waals surface area contributed by atoms with E-state index in [1.54, 1.807) is 32.2 Å². The van der Waals surface area contributed by atoms with Gasteiger partial charge in [-0.2, -0.15) is 4.98 Å². The van der Waals surface area contributed by atoms with E-state index in [9.17, 15) is 9.90 Å². The van der Waals surface area contributed by atoms with E-state index in [2.05, 4.69) is 9.97 Å². The highest BCUT2D eigenvalue weighted by molar-refractivity contribution is 6.34. The summed E-state index contributed by atoms with van der Waals surface area (Å²) in [6.07, 6.45) is 0. The molecule has 146 valence electrons. The molecule has 0 aliphatic heterocycles. The molecule has 0 spiro atoms. The van der Waals surface area contributed by atoms with Gasteiger partial charge in [0.2, 0.25) is 0 Å². The summed E-state index contributed by atoms with van der Waals surface area (Å²) in [7, 11) is 1.61. The van der Waals surface area contributed by atoms with Crippen LogP contribution in [0, 0.1) is 6.92 Å². The number of aryl methyl sites for hydroxylation is 1. The van der Waals surface area contributed by atoms with Gasteiger partial charge in [-0.25, -0.2) is 4.79 Å². The molecule has 4 aromatic rings. The highest BCUT2D eigenvalue weighted by Crippen LogP contribution is 2.34. The number of halogens is 1. The monoisotopic (exact) mass is 408 g/mol. The number of nitrogens with zero attached hydrogens (tertiary/aromatic N) is 1. The number of carboxylic acids is 1. The third kappa shape index (κ3) is 3.75. The van der Waals surface area contributed by atoms with Gasteiger partial charge in [0, 0.05) is 5.56 Å². The fourth-order valence-electron chi connectivity index (χ4n) is 3.07. The Balaban J connectivity index is 1.70. The summed E-state index contributed by atoms with van der Waals surface area (Å²) in [6.45, 7) is 1.73. The normalized spacial score (nSPS) is 10.9. The molecule has 1 aromatic heterocycles. The van der Waals surface area contributed by atoms with Crippen molar-refractivity contribution in [1.82, 2.24) is 9.97 Å². The molecule has 0 unspecified atom stereocenters. The zero-order valence-electron chi connectivity index (χ0n) is 15.7. The molecule has 0 saturated heterocycles. The van der Waals surface area contributed by atoms with Crippen LogP contribution in [-0.2, 0) is 0 Å². The van der Waals surface area contributed by atoms with Gasteiger partial charge in [-0.1, -0.05) is 29.8 Å². The van der Waals surface area contributed by atoms with Gasteiger partial charge >= 0.3 is 5.97 Å². The number of carbonyl (C=O) groups is 1. The summed E-state index contributed by atoms with van der Waals surface area (Å²) in [4.78, 5) is 18.8. The van der Waals surface area contributed by atoms with Crippen LogP contribution in [0.5, 0.6) is 17.5 Å². The molecule has 0 aliphatic rings. The van der Waals surface area contributed by atoms with Gasteiger partial charge in [0.05, 0.1) is 28.7 Å². The molecule has 29 heavy (non-hydrogen) atoms. The molecule has 0 amide bonds. The minimum Gasteiger partial charge on any atom is -0.497 e. The summed E-state index contributed by atoms with van der Waals surface area (Å²) < 4.78 is 11.0. The molecule has 4 rings (SSSR count). The van der Waals surface area contributed by atoms with Crippen LogP contribution in [0.4, 0.5) is 0 Å². The van der Waals surface area contributed by atoms with Gasteiger partial charge in [0.1, 0.15) is 11.5 Å². The predicted molar refractivity (Wildman–Crippen MR) is 111 cm³/mol. The second kappa shape index (κ2) is 7.48. The van der Waals surface area contributed by atoms with Crippen LogP contribution in [0.3, 0.4) is 0 Å². The summed E-state index contributed by atoms with van der Waals surface area (Å²) in [5.74, 6) is 0.108. The minimum atomic E-state index is -1.01. The van der Waals surface area contributed by atoms with Crippen molar-refractivity contribution in [3.05, 3.63) is 70.7 Å². The molecular weight excluding hydrogens is 392 g/mol. The Morgan fingerprint density at radius 2 is 1.93 bits per heavy atom. The number of benzene rings is 3. The molecule has 0 saturated carbocycles. The van der Waals surface area contributed by atoms with Crippen LogP contribution in [0.15, 0.2) is 54.6 Å². The van der Waals surface area contributed by atoms with Crippen molar-refractivity contribution >= 4 is 28.6 Å². The lowest BCUT2D eigenvalue weighted by Gasteiger charge is -2.06. The Morgan fingerprint density at radius 3 is 2.69 bits per heavy atom. The number of methoxy groups -OCH3 is 1. The highest BCUT2D eigenvalue weighted by atomic mass is 35.5. The Labute approximate surface area is 171 Å². The van der Waals surface area contributed by atoms with Crippen LogP contribution in [0.1, 0.15) is 15.9 Å². The maximum atomic E-state index is 11.3. The first-order valence-electron chi connectivity index (χ1n) is 8.80. The summed E-state index contributed by atoms with van der Waals surface area (Å²) in [5.41, 5.74) is 3.95. The summed E-state index contributed by atoms with van der Waals surface area (Å²) >= 11 is 6.48. The SMILES string of the molecule is COc1cccc(-c2cc3nc(Oc4ccc(C)c(C(=O)O)c4)[nH]c3cc2Cl)c1. The molecule has 0 fully saturated rings. The van der Waals surface area contributed by atoms with Gasteiger partial charge in [0.15, 0.2) is 0 Å². The predicted octanol–water partition coefficient (Wildman–Crippen LogP) is 5.69. The first kappa shape index (κ1) is 18.8. The molecule has 0 radical (unpaired) electrons. The maximum Gasteiger partial charge on any atom is 0.336 e. The topological polar surface area (TPSA) is 84.4 Å². The zero-order valence-corrected chi connectivity index (χ0v) is 16.4. The summed E-state index contributed by atoms with van der Waals surface area (Å²) in [5, 5.41) is 9.83. The molecule has 6 nitrogen and oxygen atoms in total. The van der Waals surface area contributed by atoms with E-state index in [0.29, 0.717) is 27.4 Å². The lowest BCUT2D eigenvalue weighted by molar-refractivity contribution is 0.0695. The van der Waals surface area contributed by atoms with Crippen LogP contribution in [0.25, 0.3) is 22.2 Å². The maximum absolute atomic E-state index is 11.3. The van der Waals surface area contributed by atoms with Gasteiger partial charge < -0.3 is 19.6 Å². The number of carboxylic acid groups (broad SMARTS) is 1. The molecule has 1 heterocycles. The van der Waals surface area contributed by atoms with E-state index in [-0.39, 0.29) is 11.6 Å². The van der Waals surface area contributed by atoms with E-state index in [4.69, 9.17) is 21.1 Å². The molecule has 0 bridgehead atoms. The number of fused-ring (bicyclic) bond motifs is 1. The number of rotatable bonds is 5. The number of aromatic amines is 1. The second-order valence-electron chi connectivity index (χ2n) is 6.51. The number of ether oxygens (including phenoxy) is 2. The van der Waals surface area contributed by atoms with E-state index in [1.807, 2.05) is 30.3 Å². The third-order valence-corrected chi connectivity index (χ3v) is 4.90. The first-order chi connectivity index (χ1) is 13.9.